The molecule has 0 aliphatic rings. The molecule has 0 saturated heterocycles. The predicted molar refractivity (Wildman–Crippen MR) is 81.4 cm³/mol. The molecule has 0 aliphatic heterocycles. The number of likely N-dealkylation sites (N-methyl/N-ethyl adjacent to an activating group) is 1. The van der Waals surface area contributed by atoms with Crippen molar-refractivity contribution in [2.24, 2.45) is 0 Å². The zero-order chi connectivity index (χ0) is 13.7. The molecule has 2 aromatic rings. The quantitative estimate of drug-likeness (QED) is 0.893. The van der Waals surface area contributed by atoms with E-state index in [1.165, 1.54) is 11.3 Å². The number of benzene rings is 1. The Morgan fingerprint density at radius 1 is 1.16 bits per heavy atom. The van der Waals surface area contributed by atoms with Crippen LogP contribution >= 0.6 is 0 Å². The fourth-order valence-corrected chi connectivity index (χ4v) is 2.20. The van der Waals surface area contributed by atoms with Crippen molar-refractivity contribution in [1.29, 1.82) is 0 Å². The standard InChI is InChI=1S/C16H21N3/c1-3-19(16-7-5-4-6-13(16)2)11-10-15-9-8-14(17)12-18-15/h4-9,12H,3,10-11,17H2,1-2H3. The number of aromatic nitrogens is 1. The Hall–Kier alpha value is -2.03. The molecular weight excluding hydrogens is 234 g/mol. The Kier molecular flexibility index (Phi) is 4.39. The van der Waals surface area contributed by atoms with Gasteiger partial charge in [-0.2, -0.15) is 0 Å². The van der Waals surface area contributed by atoms with Crippen molar-refractivity contribution in [3.63, 3.8) is 0 Å². The minimum Gasteiger partial charge on any atom is -0.397 e. The van der Waals surface area contributed by atoms with Gasteiger partial charge in [-0.25, -0.2) is 0 Å². The summed E-state index contributed by atoms with van der Waals surface area (Å²) in [6.45, 7) is 6.31. The number of aryl methyl sites for hydroxylation is 1. The van der Waals surface area contributed by atoms with Crippen LogP contribution in [0.15, 0.2) is 42.6 Å². The van der Waals surface area contributed by atoms with Gasteiger partial charge in [-0.3, -0.25) is 4.98 Å². The van der Waals surface area contributed by atoms with Crippen molar-refractivity contribution >= 4 is 11.4 Å². The summed E-state index contributed by atoms with van der Waals surface area (Å²) >= 11 is 0. The van der Waals surface area contributed by atoms with E-state index in [0.717, 1.165) is 30.9 Å². The van der Waals surface area contributed by atoms with Crippen LogP contribution < -0.4 is 10.6 Å². The molecule has 2 N–H and O–H groups in total. The van der Waals surface area contributed by atoms with E-state index in [-0.39, 0.29) is 0 Å². The van der Waals surface area contributed by atoms with Crippen molar-refractivity contribution in [3.05, 3.63) is 53.9 Å². The minimum absolute atomic E-state index is 0.718. The Morgan fingerprint density at radius 2 is 1.95 bits per heavy atom. The number of nitrogens with zero attached hydrogens (tertiary/aromatic N) is 2. The number of hydrogen-bond acceptors (Lipinski definition) is 3. The maximum absolute atomic E-state index is 5.65. The molecule has 19 heavy (non-hydrogen) atoms. The highest BCUT2D eigenvalue weighted by Crippen LogP contribution is 2.19. The molecular formula is C16H21N3. The van der Waals surface area contributed by atoms with Gasteiger partial charge in [0.1, 0.15) is 0 Å². The van der Waals surface area contributed by atoms with E-state index in [0.29, 0.717) is 0 Å². The van der Waals surface area contributed by atoms with Crippen LogP contribution in [0.3, 0.4) is 0 Å². The summed E-state index contributed by atoms with van der Waals surface area (Å²) in [6.07, 6.45) is 2.65. The van der Waals surface area contributed by atoms with Gasteiger partial charge in [-0.05, 0) is 37.6 Å². The summed E-state index contributed by atoms with van der Waals surface area (Å²) in [7, 11) is 0. The summed E-state index contributed by atoms with van der Waals surface area (Å²) < 4.78 is 0. The van der Waals surface area contributed by atoms with E-state index in [4.69, 9.17) is 5.73 Å². The first-order chi connectivity index (χ1) is 9.20. The van der Waals surface area contributed by atoms with Gasteiger partial charge in [0.25, 0.3) is 0 Å². The van der Waals surface area contributed by atoms with Crippen molar-refractivity contribution < 1.29 is 0 Å². The molecule has 3 nitrogen and oxygen atoms in total. The number of hydrogen-bond donors (Lipinski definition) is 1. The zero-order valence-corrected chi connectivity index (χ0v) is 11.6. The molecule has 100 valence electrons. The third-order valence-electron chi connectivity index (χ3n) is 3.32. The average molecular weight is 255 g/mol. The molecule has 0 saturated carbocycles. The molecule has 3 heteroatoms. The van der Waals surface area contributed by atoms with Crippen LogP contribution in [0.5, 0.6) is 0 Å². The monoisotopic (exact) mass is 255 g/mol. The lowest BCUT2D eigenvalue weighted by Gasteiger charge is -2.24. The van der Waals surface area contributed by atoms with E-state index >= 15 is 0 Å². The molecule has 0 unspecified atom stereocenters. The second-order valence-corrected chi connectivity index (χ2v) is 4.70. The van der Waals surface area contributed by atoms with Gasteiger partial charge in [0, 0.05) is 30.9 Å². The SMILES string of the molecule is CCN(CCc1ccc(N)cn1)c1ccccc1C. The molecule has 0 aliphatic carbocycles. The maximum atomic E-state index is 5.65. The van der Waals surface area contributed by atoms with Crippen LogP contribution in [0.2, 0.25) is 0 Å². The van der Waals surface area contributed by atoms with E-state index in [1.807, 2.05) is 12.1 Å². The smallest absolute Gasteiger partial charge is 0.0501 e. The lowest BCUT2D eigenvalue weighted by molar-refractivity contribution is 0.792. The van der Waals surface area contributed by atoms with Crippen LogP contribution in [0.4, 0.5) is 11.4 Å². The van der Waals surface area contributed by atoms with Crippen molar-refractivity contribution in [3.8, 4) is 0 Å². The first kappa shape index (κ1) is 13.4. The fraction of sp³-hybridized carbons (Fsp3) is 0.312. The van der Waals surface area contributed by atoms with Crippen molar-refractivity contribution in [2.75, 3.05) is 23.7 Å². The van der Waals surface area contributed by atoms with Gasteiger partial charge in [-0.15, -0.1) is 0 Å². The van der Waals surface area contributed by atoms with Gasteiger partial charge in [0.15, 0.2) is 0 Å². The van der Waals surface area contributed by atoms with E-state index in [2.05, 4.69) is 48.0 Å². The van der Waals surface area contributed by atoms with Crippen LogP contribution in [0.1, 0.15) is 18.2 Å². The first-order valence-electron chi connectivity index (χ1n) is 6.71. The highest BCUT2D eigenvalue weighted by Gasteiger charge is 2.07. The Balaban J connectivity index is 2.04. The third kappa shape index (κ3) is 3.47. The van der Waals surface area contributed by atoms with Gasteiger partial charge in [0.2, 0.25) is 0 Å². The highest BCUT2D eigenvalue weighted by atomic mass is 15.1. The largest absolute Gasteiger partial charge is 0.397 e. The van der Waals surface area contributed by atoms with Crippen LogP contribution in [0, 0.1) is 6.92 Å². The van der Waals surface area contributed by atoms with Crippen LogP contribution in [-0.2, 0) is 6.42 Å². The Labute approximate surface area is 115 Å². The second-order valence-electron chi connectivity index (χ2n) is 4.70. The van der Waals surface area contributed by atoms with E-state index < -0.39 is 0 Å². The van der Waals surface area contributed by atoms with E-state index in [1.54, 1.807) is 6.20 Å². The van der Waals surface area contributed by atoms with Gasteiger partial charge in [-0.1, -0.05) is 18.2 Å². The molecule has 0 fully saturated rings. The summed E-state index contributed by atoms with van der Waals surface area (Å²) in [5.41, 5.74) is 10.1. The normalized spacial score (nSPS) is 10.4. The molecule has 2 rings (SSSR count). The van der Waals surface area contributed by atoms with Crippen LogP contribution in [0.25, 0.3) is 0 Å². The lowest BCUT2D eigenvalue weighted by Crippen LogP contribution is -2.26. The number of rotatable bonds is 5. The number of nitrogen functional groups attached to an aromatic ring is 1. The van der Waals surface area contributed by atoms with Crippen molar-refractivity contribution in [2.45, 2.75) is 20.3 Å². The number of anilines is 2. The number of pyridine rings is 1. The number of para-hydroxylation sites is 1. The predicted octanol–water partition coefficient (Wildman–Crippen LogP) is 3.04. The van der Waals surface area contributed by atoms with E-state index in [9.17, 15) is 0 Å². The average Bonchev–Trinajstić information content (AvgIpc) is 2.43. The Bertz CT molecular complexity index is 520. The zero-order valence-electron chi connectivity index (χ0n) is 11.6. The van der Waals surface area contributed by atoms with Crippen LogP contribution in [-0.4, -0.2) is 18.1 Å². The summed E-state index contributed by atoms with van der Waals surface area (Å²) in [4.78, 5) is 6.73. The summed E-state index contributed by atoms with van der Waals surface area (Å²) in [5, 5.41) is 0. The summed E-state index contributed by atoms with van der Waals surface area (Å²) in [5.74, 6) is 0. The Morgan fingerprint density at radius 3 is 2.58 bits per heavy atom. The first-order valence-corrected chi connectivity index (χ1v) is 6.71. The van der Waals surface area contributed by atoms with Crippen molar-refractivity contribution in [1.82, 2.24) is 4.98 Å². The molecule has 0 bridgehead atoms. The third-order valence-corrected chi connectivity index (χ3v) is 3.32. The lowest BCUT2D eigenvalue weighted by atomic mass is 10.1. The summed E-state index contributed by atoms with van der Waals surface area (Å²) in [6, 6.07) is 12.4. The second kappa shape index (κ2) is 6.23. The van der Waals surface area contributed by atoms with Gasteiger partial charge in [0.05, 0.1) is 11.9 Å². The number of nitrogens with two attached hydrogens (primary N) is 1. The minimum atomic E-state index is 0.718. The molecule has 0 atom stereocenters. The molecule has 0 spiro atoms. The topological polar surface area (TPSA) is 42.1 Å². The molecule has 1 heterocycles. The molecule has 1 aromatic carbocycles. The molecule has 0 radical (unpaired) electrons. The van der Waals surface area contributed by atoms with Gasteiger partial charge < -0.3 is 10.6 Å². The highest BCUT2D eigenvalue weighted by molar-refractivity contribution is 5.52. The van der Waals surface area contributed by atoms with Gasteiger partial charge >= 0.3 is 0 Å². The molecule has 0 amide bonds. The maximum Gasteiger partial charge on any atom is 0.0501 e. The molecule has 1 aromatic heterocycles. The fourth-order valence-electron chi connectivity index (χ4n) is 2.20.